The van der Waals surface area contributed by atoms with Crippen molar-refractivity contribution in [2.75, 3.05) is 0 Å². The van der Waals surface area contributed by atoms with E-state index in [9.17, 15) is 22.0 Å². The van der Waals surface area contributed by atoms with Gasteiger partial charge in [0.05, 0.1) is 6.20 Å². The fourth-order valence-corrected chi connectivity index (χ4v) is 2.52. The molecule has 2 heterocycles. The summed E-state index contributed by atoms with van der Waals surface area (Å²) in [5, 5.41) is 7.80. The van der Waals surface area contributed by atoms with Crippen LogP contribution in [0.25, 0.3) is 16.9 Å². The molecule has 0 N–H and O–H groups in total. The first-order valence-electron chi connectivity index (χ1n) is 7.07. The molecule has 0 aliphatic rings. The third-order valence-electron chi connectivity index (χ3n) is 3.45. The predicted octanol–water partition coefficient (Wildman–Crippen LogP) is 4.55. The van der Waals surface area contributed by atoms with E-state index in [2.05, 4.69) is 14.9 Å². The van der Waals surface area contributed by atoms with E-state index in [4.69, 9.17) is 11.6 Å². The van der Waals surface area contributed by atoms with Gasteiger partial charge in [0.15, 0.2) is 11.4 Å². The standard InChI is InChI=1S/C15H10ClF5N4O/c1-24-13(11(15(19,20)21)12(23-24)26-14(17)18)25-7-9(6-22-25)8-2-4-10(16)5-3-8/h2-7,14H,1H3. The molecular weight excluding hydrogens is 383 g/mol. The number of ether oxygens (including phenoxy) is 1. The maximum absolute atomic E-state index is 13.4. The highest BCUT2D eigenvalue weighted by atomic mass is 35.5. The monoisotopic (exact) mass is 392 g/mol. The van der Waals surface area contributed by atoms with Gasteiger partial charge in [-0.15, -0.1) is 5.10 Å². The fraction of sp³-hybridized carbons (Fsp3) is 0.200. The summed E-state index contributed by atoms with van der Waals surface area (Å²) < 4.78 is 70.6. The second kappa shape index (κ2) is 6.60. The molecule has 11 heteroatoms. The minimum atomic E-state index is -4.97. The summed E-state index contributed by atoms with van der Waals surface area (Å²) in [5.41, 5.74) is -0.265. The first kappa shape index (κ1) is 18.2. The Labute approximate surface area is 148 Å². The van der Waals surface area contributed by atoms with Crippen molar-refractivity contribution in [3.05, 3.63) is 47.2 Å². The number of alkyl halides is 5. The summed E-state index contributed by atoms with van der Waals surface area (Å²) in [6, 6.07) is 6.58. The van der Waals surface area contributed by atoms with Crippen molar-refractivity contribution in [2.45, 2.75) is 12.8 Å². The van der Waals surface area contributed by atoms with Crippen molar-refractivity contribution in [1.82, 2.24) is 19.6 Å². The Bertz CT molecular complexity index is 917. The number of hydrogen-bond donors (Lipinski definition) is 0. The Morgan fingerprint density at radius 1 is 1.12 bits per heavy atom. The molecule has 3 aromatic rings. The van der Waals surface area contributed by atoms with Crippen molar-refractivity contribution in [3.8, 4) is 22.8 Å². The minimum Gasteiger partial charge on any atom is -0.415 e. The topological polar surface area (TPSA) is 44.9 Å². The number of benzene rings is 1. The van der Waals surface area contributed by atoms with Gasteiger partial charge in [-0.05, 0) is 17.7 Å². The van der Waals surface area contributed by atoms with Crippen LogP contribution in [0.3, 0.4) is 0 Å². The van der Waals surface area contributed by atoms with Gasteiger partial charge in [-0.25, -0.2) is 9.36 Å². The lowest BCUT2D eigenvalue weighted by Gasteiger charge is -2.10. The van der Waals surface area contributed by atoms with E-state index in [1.165, 1.54) is 19.4 Å². The molecule has 0 aliphatic heterocycles. The molecule has 26 heavy (non-hydrogen) atoms. The van der Waals surface area contributed by atoms with Crippen molar-refractivity contribution in [1.29, 1.82) is 0 Å². The summed E-state index contributed by atoms with van der Waals surface area (Å²) in [7, 11) is 1.17. The third kappa shape index (κ3) is 3.50. The van der Waals surface area contributed by atoms with Crippen LogP contribution in [0.5, 0.6) is 5.88 Å². The first-order chi connectivity index (χ1) is 12.2. The van der Waals surface area contributed by atoms with Gasteiger partial charge >= 0.3 is 12.8 Å². The molecule has 0 fully saturated rings. The van der Waals surface area contributed by atoms with Gasteiger partial charge in [-0.1, -0.05) is 23.7 Å². The fourth-order valence-electron chi connectivity index (χ4n) is 2.40. The van der Waals surface area contributed by atoms with Crippen molar-refractivity contribution >= 4 is 11.6 Å². The second-order valence-corrected chi connectivity index (χ2v) is 5.62. The molecule has 0 spiro atoms. The van der Waals surface area contributed by atoms with Crippen LogP contribution < -0.4 is 4.74 Å². The van der Waals surface area contributed by atoms with Gasteiger partial charge in [-0.2, -0.15) is 27.1 Å². The van der Waals surface area contributed by atoms with Crippen LogP contribution in [-0.4, -0.2) is 26.2 Å². The van der Waals surface area contributed by atoms with Crippen molar-refractivity contribution < 1.29 is 26.7 Å². The highest BCUT2D eigenvalue weighted by Gasteiger charge is 2.42. The molecular formula is C15H10ClF5N4O. The summed E-state index contributed by atoms with van der Waals surface area (Å²) >= 11 is 5.80. The quantitative estimate of drug-likeness (QED) is 0.612. The second-order valence-electron chi connectivity index (χ2n) is 5.18. The summed E-state index contributed by atoms with van der Waals surface area (Å²) in [6.07, 6.45) is -2.31. The lowest BCUT2D eigenvalue weighted by atomic mass is 10.1. The maximum Gasteiger partial charge on any atom is 0.425 e. The van der Waals surface area contributed by atoms with Gasteiger partial charge in [0.25, 0.3) is 5.88 Å². The maximum atomic E-state index is 13.4. The van der Waals surface area contributed by atoms with Crippen LogP contribution in [0.15, 0.2) is 36.7 Å². The molecule has 3 rings (SSSR count). The van der Waals surface area contributed by atoms with E-state index in [-0.39, 0.29) is 0 Å². The zero-order chi connectivity index (χ0) is 19.1. The summed E-state index contributed by atoms with van der Waals surface area (Å²) in [4.78, 5) is 0. The predicted molar refractivity (Wildman–Crippen MR) is 82.4 cm³/mol. The number of rotatable bonds is 4. The van der Waals surface area contributed by atoms with Gasteiger partial charge in [-0.3, -0.25) is 0 Å². The minimum absolute atomic E-state index is 0.501. The van der Waals surface area contributed by atoms with Gasteiger partial charge in [0.2, 0.25) is 0 Å². The SMILES string of the molecule is Cn1nc(OC(F)F)c(C(F)(F)F)c1-n1cc(-c2ccc(Cl)cc2)cn1. The molecule has 5 nitrogen and oxygen atoms in total. The average molecular weight is 393 g/mol. The zero-order valence-corrected chi connectivity index (χ0v) is 13.8. The lowest BCUT2D eigenvalue weighted by Crippen LogP contribution is -2.14. The largest absolute Gasteiger partial charge is 0.425 e. The van der Waals surface area contributed by atoms with Crippen molar-refractivity contribution in [2.24, 2.45) is 7.05 Å². The van der Waals surface area contributed by atoms with Gasteiger partial charge in [0, 0.05) is 23.8 Å². The lowest BCUT2D eigenvalue weighted by molar-refractivity contribution is -0.141. The molecule has 1 aromatic carbocycles. The van der Waals surface area contributed by atoms with Crippen molar-refractivity contribution in [3.63, 3.8) is 0 Å². The molecule has 0 bridgehead atoms. The normalized spacial score (nSPS) is 12.0. The highest BCUT2D eigenvalue weighted by molar-refractivity contribution is 6.30. The Morgan fingerprint density at radius 2 is 1.77 bits per heavy atom. The Morgan fingerprint density at radius 3 is 2.35 bits per heavy atom. The first-order valence-corrected chi connectivity index (χ1v) is 7.44. The molecule has 0 saturated heterocycles. The summed E-state index contributed by atoms with van der Waals surface area (Å²) in [5.74, 6) is -1.76. The molecule has 0 atom stereocenters. The molecule has 0 amide bonds. The van der Waals surface area contributed by atoms with E-state index >= 15 is 0 Å². The van der Waals surface area contributed by atoms with E-state index in [0.29, 0.717) is 16.1 Å². The van der Waals surface area contributed by atoms with E-state index < -0.39 is 30.0 Å². The summed E-state index contributed by atoms with van der Waals surface area (Å²) in [6.45, 7) is -3.44. The molecule has 0 unspecified atom stereocenters. The van der Waals surface area contributed by atoms with Gasteiger partial charge in [0.1, 0.15) is 0 Å². The molecule has 2 aromatic heterocycles. The zero-order valence-electron chi connectivity index (χ0n) is 13.0. The molecule has 0 radical (unpaired) electrons. The Kier molecular flexibility index (Phi) is 4.61. The number of hydrogen-bond acceptors (Lipinski definition) is 3. The molecule has 138 valence electrons. The van der Waals surface area contributed by atoms with Crippen LogP contribution in [0.2, 0.25) is 5.02 Å². The average Bonchev–Trinajstić information content (AvgIpc) is 3.11. The van der Waals surface area contributed by atoms with Crippen LogP contribution in [-0.2, 0) is 13.2 Å². The molecule has 0 saturated carbocycles. The highest BCUT2D eigenvalue weighted by Crippen LogP contribution is 2.40. The van der Waals surface area contributed by atoms with Crippen LogP contribution >= 0.6 is 11.6 Å². The Balaban J connectivity index is 2.09. The molecule has 0 aliphatic carbocycles. The van der Waals surface area contributed by atoms with Crippen LogP contribution in [0.4, 0.5) is 22.0 Å². The van der Waals surface area contributed by atoms with Gasteiger partial charge < -0.3 is 4.74 Å². The number of halogens is 6. The third-order valence-corrected chi connectivity index (χ3v) is 3.70. The number of nitrogens with zero attached hydrogens (tertiary/aromatic N) is 4. The van der Waals surface area contributed by atoms with Crippen LogP contribution in [0, 0.1) is 0 Å². The number of aryl methyl sites for hydroxylation is 1. The van der Waals surface area contributed by atoms with E-state index in [1.54, 1.807) is 24.3 Å². The number of aromatic nitrogens is 4. The smallest absolute Gasteiger partial charge is 0.415 e. The van der Waals surface area contributed by atoms with Crippen LogP contribution in [0.1, 0.15) is 5.56 Å². The Hall–Kier alpha value is -2.62. The van der Waals surface area contributed by atoms with E-state index in [1.807, 2.05) is 0 Å². The van der Waals surface area contributed by atoms with E-state index in [0.717, 1.165) is 9.36 Å².